The Kier molecular flexibility index (Phi) is 9.76. The average molecular weight is 511 g/mol. The lowest BCUT2D eigenvalue weighted by Crippen LogP contribution is -2.44. The van der Waals surface area contributed by atoms with E-state index >= 15 is 0 Å². The molecule has 2 aromatic carbocycles. The third kappa shape index (κ3) is 8.17. The van der Waals surface area contributed by atoms with Gasteiger partial charge in [-0.05, 0) is 91.8 Å². The molecule has 33 heavy (non-hydrogen) atoms. The molecule has 0 aliphatic carbocycles. The summed E-state index contributed by atoms with van der Waals surface area (Å²) >= 11 is 3.63. The van der Waals surface area contributed by atoms with Crippen LogP contribution in [0.25, 0.3) is 0 Å². The van der Waals surface area contributed by atoms with Crippen molar-refractivity contribution in [3.05, 3.63) is 82.0 Å². The first-order chi connectivity index (χ1) is 15.9. The molecule has 0 amide bonds. The summed E-state index contributed by atoms with van der Waals surface area (Å²) in [6.45, 7) is 9.59. The van der Waals surface area contributed by atoms with Crippen LogP contribution < -0.4 is 10.1 Å². The Morgan fingerprint density at radius 2 is 1.91 bits per heavy atom. The minimum Gasteiger partial charge on any atom is -0.457 e. The zero-order valence-electron chi connectivity index (χ0n) is 20.2. The van der Waals surface area contributed by atoms with Gasteiger partial charge in [0.1, 0.15) is 11.5 Å². The molecule has 0 aromatic heterocycles. The maximum atomic E-state index is 6.04. The number of aliphatic imine (C=N–C) groups is 1. The number of hydrogen-bond acceptors (Lipinski definition) is 4. The molecular formula is C28H36BrN3O. The van der Waals surface area contributed by atoms with Gasteiger partial charge in [-0.15, -0.1) is 0 Å². The van der Waals surface area contributed by atoms with E-state index in [0.29, 0.717) is 12.0 Å². The van der Waals surface area contributed by atoms with Crippen molar-refractivity contribution < 1.29 is 4.74 Å². The molecule has 1 aliphatic rings. The van der Waals surface area contributed by atoms with Crippen LogP contribution in [0.3, 0.4) is 0 Å². The Hall–Kier alpha value is -2.37. The number of likely N-dealkylation sites (tertiary alicyclic amines) is 1. The number of nitrogens with zero attached hydrogens (tertiary/aromatic N) is 2. The number of benzene rings is 2. The molecule has 2 atom stereocenters. The van der Waals surface area contributed by atoms with Crippen LogP contribution in [-0.4, -0.2) is 37.3 Å². The smallest absolute Gasteiger partial charge is 0.127 e. The second-order valence-electron chi connectivity index (χ2n) is 8.97. The number of hydrogen-bond donors (Lipinski definition) is 1. The van der Waals surface area contributed by atoms with E-state index in [2.05, 4.69) is 76.2 Å². The van der Waals surface area contributed by atoms with Gasteiger partial charge in [0.05, 0.1) is 4.48 Å². The lowest BCUT2D eigenvalue weighted by molar-refractivity contribution is 0.153. The van der Waals surface area contributed by atoms with E-state index < -0.39 is 0 Å². The highest BCUT2D eigenvalue weighted by molar-refractivity contribution is 9.12. The Morgan fingerprint density at radius 1 is 1.15 bits per heavy atom. The first-order valence-electron chi connectivity index (χ1n) is 11.7. The van der Waals surface area contributed by atoms with Gasteiger partial charge in [0.25, 0.3) is 0 Å². The van der Waals surface area contributed by atoms with Gasteiger partial charge in [-0.2, -0.15) is 0 Å². The van der Waals surface area contributed by atoms with Crippen molar-refractivity contribution in [2.45, 2.75) is 46.2 Å². The molecule has 1 N–H and O–H groups in total. The molecule has 4 nitrogen and oxygen atoms in total. The van der Waals surface area contributed by atoms with Crippen molar-refractivity contribution in [2.24, 2.45) is 10.9 Å². The largest absolute Gasteiger partial charge is 0.457 e. The monoisotopic (exact) mass is 509 g/mol. The maximum absolute atomic E-state index is 6.04. The molecule has 1 saturated heterocycles. The number of rotatable bonds is 9. The van der Waals surface area contributed by atoms with Crippen LogP contribution in [0.15, 0.2) is 81.4 Å². The molecule has 0 spiro atoms. The topological polar surface area (TPSA) is 36.9 Å². The van der Waals surface area contributed by atoms with Crippen molar-refractivity contribution in [3.8, 4) is 11.5 Å². The number of para-hydroxylation sites is 1. The van der Waals surface area contributed by atoms with Gasteiger partial charge in [-0.25, -0.2) is 0 Å². The number of allylic oxidation sites excluding steroid dienone is 3. The predicted octanol–water partition coefficient (Wildman–Crippen LogP) is 6.94. The molecule has 5 heteroatoms. The van der Waals surface area contributed by atoms with Gasteiger partial charge in [-0.1, -0.05) is 42.0 Å². The maximum Gasteiger partial charge on any atom is 0.127 e. The predicted molar refractivity (Wildman–Crippen MR) is 143 cm³/mol. The molecule has 0 radical (unpaired) electrons. The number of halogens is 1. The number of piperidine rings is 1. The van der Waals surface area contributed by atoms with Crippen LogP contribution in [0.4, 0.5) is 0 Å². The lowest BCUT2D eigenvalue weighted by Gasteiger charge is -2.37. The summed E-state index contributed by atoms with van der Waals surface area (Å²) < 4.78 is 7.04. The van der Waals surface area contributed by atoms with Crippen LogP contribution in [0.1, 0.15) is 39.2 Å². The average Bonchev–Trinajstić information content (AvgIpc) is 2.79. The summed E-state index contributed by atoms with van der Waals surface area (Å²) in [6, 6.07) is 18.7. The third-order valence-electron chi connectivity index (χ3n) is 5.83. The minimum absolute atomic E-state index is 0.295. The highest BCUT2D eigenvalue weighted by Crippen LogP contribution is 2.26. The third-order valence-corrected chi connectivity index (χ3v) is 6.63. The van der Waals surface area contributed by atoms with E-state index in [4.69, 9.17) is 4.74 Å². The highest BCUT2D eigenvalue weighted by atomic mass is 79.9. The lowest BCUT2D eigenvalue weighted by atomic mass is 9.89. The second-order valence-corrected chi connectivity index (χ2v) is 9.83. The second kappa shape index (κ2) is 12.8. The number of nitrogens with one attached hydrogen (secondary N) is 1. The fourth-order valence-corrected chi connectivity index (χ4v) is 4.62. The van der Waals surface area contributed by atoms with E-state index in [9.17, 15) is 0 Å². The van der Waals surface area contributed by atoms with Crippen LogP contribution >= 0.6 is 15.9 Å². The first-order valence-corrected chi connectivity index (χ1v) is 12.5. The Balaban J connectivity index is 1.68. The van der Waals surface area contributed by atoms with Gasteiger partial charge in [0, 0.05) is 38.1 Å². The highest BCUT2D eigenvalue weighted by Gasteiger charge is 2.26. The molecule has 0 saturated carbocycles. The van der Waals surface area contributed by atoms with Gasteiger partial charge >= 0.3 is 0 Å². The minimum atomic E-state index is 0.295. The molecule has 2 unspecified atom stereocenters. The van der Waals surface area contributed by atoms with E-state index in [1.807, 2.05) is 42.6 Å². The van der Waals surface area contributed by atoms with Gasteiger partial charge in [0.15, 0.2) is 0 Å². The first kappa shape index (κ1) is 25.3. The van der Waals surface area contributed by atoms with Crippen molar-refractivity contribution in [1.82, 2.24) is 10.2 Å². The Labute approximate surface area is 207 Å². The fraction of sp³-hybridized carbons (Fsp3) is 0.393. The van der Waals surface area contributed by atoms with E-state index in [1.165, 1.54) is 24.0 Å². The van der Waals surface area contributed by atoms with E-state index in [0.717, 1.165) is 41.3 Å². The molecule has 176 valence electrons. The molecule has 3 rings (SSSR count). The quantitative estimate of drug-likeness (QED) is 0.293. The Bertz CT molecular complexity index is 980. The molecular weight excluding hydrogens is 474 g/mol. The van der Waals surface area contributed by atoms with Gasteiger partial charge in [0.2, 0.25) is 0 Å². The van der Waals surface area contributed by atoms with Gasteiger partial charge < -0.3 is 10.1 Å². The van der Waals surface area contributed by atoms with E-state index in [-0.39, 0.29) is 0 Å². The Morgan fingerprint density at radius 3 is 2.64 bits per heavy atom. The molecule has 0 bridgehead atoms. The summed E-state index contributed by atoms with van der Waals surface area (Å²) in [5, 5.41) is 3.74. The van der Waals surface area contributed by atoms with Crippen LogP contribution in [-0.2, 0) is 6.54 Å². The molecule has 1 aliphatic heterocycles. The molecule has 1 heterocycles. The summed E-state index contributed by atoms with van der Waals surface area (Å²) in [5.74, 6) is 2.30. The zero-order chi connectivity index (χ0) is 23.6. The van der Waals surface area contributed by atoms with Crippen molar-refractivity contribution in [1.29, 1.82) is 0 Å². The standard InChI is InChI=1S/C28H36BrN3O/c1-21(2)16-28(31-22(3)27(29)18-30-4)24-11-9-15-32(20-24)19-23-10-8-14-26(17-23)33-25-12-6-5-7-13-25/h5-8,10,12-14,16-18,24,28,31H,9,11,15,19-20H2,1-4H3/b27-22-,30-18?. The number of ether oxygens (including phenoxy) is 1. The van der Waals surface area contributed by atoms with Crippen molar-refractivity contribution in [3.63, 3.8) is 0 Å². The van der Waals surface area contributed by atoms with Crippen molar-refractivity contribution >= 4 is 22.1 Å². The summed E-state index contributed by atoms with van der Waals surface area (Å²) in [5.41, 5.74) is 3.74. The summed E-state index contributed by atoms with van der Waals surface area (Å²) in [4.78, 5) is 6.70. The normalized spacial score (nSPS) is 18.5. The summed E-state index contributed by atoms with van der Waals surface area (Å²) in [7, 11) is 1.79. The fourth-order valence-electron chi connectivity index (χ4n) is 4.30. The molecule has 2 aromatic rings. The SMILES string of the molecule is CN=C/C(Br)=C(\C)NC(C=C(C)C)C1CCCN(Cc2cccc(Oc3ccccc3)c2)C1. The van der Waals surface area contributed by atoms with Crippen LogP contribution in [0.2, 0.25) is 0 Å². The molecule has 1 fully saturated rings. The van der Waals surface area contributed by atoms with Crippen molar-refractivity contribution in [2.75, 3.05) is 20.1 Å². The van der Waals surface area contributed by atoms with Crippen LogP contribution in [0.5, 0.6) is 11.5 Å². The summed E-state index contributed by atoms with van der Waals surface area (Å²) in [6.07, 6.45) is 6.65. The van der Waals surface area contributed by atoms with Crippen LogP contribution in [0, 0.1) is 5.92 Å². The van der Waals surface area contributed by atoms with E-state index in [1.54, 1.807) is 7.05 Å². The van der Waals surface area contributed by atoms with Gasteiger partial charge in [-0.3, -0.25) is 9.89 Å². The zero-order valence-corrected chi connectivity index (χ0v) is 21.8.